The van der Waals surface area contributed by atoms with Crippen LogP contribution in [0.4, 0.5) is 0 Å². The van der Waals surface area contributed by atoms with Crippen molar-refractivity contribution < 1.29 is 28.7 Å². The molecule has 4 aliphatic heterocycles. The summed E-state index contributed by atoms with van der Waals surface area (Å²) in [5, 5.41) is 38.4. The van der Waals surface area contributed by atoms with Crippen LogP contribution < -0.4 is 41.4 Å². The van der Waals surface area contributed by atoms with E-state index in [2.05, 4.69) is 76.1 Å². The average Bonchev–Trinajstić information content (AvgIpc) is 3.85. The van der Waals surface area contributed by atoms with Crippen molar-refractivity contribution in [3.63, 3.8) is 0 Å². The molecule has 322 valence electrons. The van der Waals surface area contributed by atoms with Crippen LogP contribution >= 0.6 is 0 Å². The number of nitriles is 2. The molecule has 9 atom stereocenters. The van der Waals surface area contributed by atoms with Crippen LogP contribution in [0.3, 0.4) is 0 Å². The van der Waals surface area contributed by atoms with Crippen molar-refractivity contribution in [2.45, 2.75) is 128 Å². The van der Waals surface area contributed by atoms with Gasteiger partial charge in [-0.15, -0.1) is 0 Å². The third kappa shape index (κ3) is 12.0. The SMILES string of the molecule is CC(C)C[C@H](NCC1Cc2ccc(C3CNC(=O)[C@H](C[C@@H](C#N)NC(=O)[C@H](CC(C)C)NCC4Cc5ccccc5O4)C3)cc2O1)C(=O)N[C@H](C#N)C[C@@H]1CCCNC1=O. The van der Waals surface area contributed by atoms with Gasteiger partial charge >= 0.3 is 0 Å². The van der Waals surface area contributed by atoms with E-state index < -0.39 is 30.1 Å². The van der Waals surface area contributed by atoms with E-state index in [1.165, 1.54) is 0 Å². The summed E-state index contributed by atoms with van der Waals surface area (Å²) in [6.07, 6.45) is 4.89. The van der Waals surface area contributed by atoms with Gasteiger partial charge in [-0.25, -0.2) is 0 Å². The van der Waals surface area contributed by atoms with Gasteiger partial charge < -0.3 is 41.4 Å². The smallest absolute Gasteiger partial charge is 0.238 e. The van der Waals surface area contributed by atoms with E-state index in [0.717, 1.165) is 41.0 Å². The average molecular weight is 823 g/mol. The summed E-state index contributed by atoms with van der Waals surface area (Å²) in [7, 11) is 0. The summed E-state index contributed by atoms with van der Waals surface area (Å²) in [6, 6.07) is 15.9. The number of piperidine rings is 2. The lowest BCUT2D eigenvalue weighted by Gasteiger charge is -2.31. The number of carbonyl (C=O) groups excluding carboxylic acids is 4. The van der Waals surface area contributed by atoms with Gasteiger partial charge in [0, 0.05) is 56.8 Å². The third-order valence-corrected chi connectivity index (χ3v) is 12.1. The molecule has 3 unspecified atom stereocenters. The Kier molecular flexibility index (Phi) is 15.4. The molecule has 0 radical (unpaired) electrons. The molecule has 14 heteroatoms. The van der Waals surface area contributed by atoms with Gasteiger partial charge in [0.1, 0.15) is 35.8 Å². The summed E-state index contributed by atoms with van der Waals surface area (Å²) in [4.78, 5) is 52.4. The molecule has 6 rings (SSSR count). The van der Waals surface area contributed by atoms with Crippen molar-refractivity contribution in [1.82, 2.24) is 31.9 Å². The van der Waals surface area contributed by atoms with Gasteiger partial charge in [-0.1, -0.05) is 58.0 Å². The highest BCUT2D eigenvalue weighted by Gasteiger charge is 2.35. The van der Waals surface area contributed by atoms with Crippen LogP contribution in [0.25, 0.3) is 0 Å². The standard InChI is InChI=1S/C46H62N8O6/c1-27(2)14-39(45(57)53-35(22-47)17-32-9-7-13-49-43(32)55)51-26-38-20-31-12-11-29(21-42(31)60-38)34-16-33(44(56)52-24-34)18-36(23-48)54-46(58)40(15-28(3)4)50-25-37-19-30-8-5-6-10-41(30)59-37/h5-6,8,10-12,21,27-28,32-40,50-51H,7,9,13-20,24-26H2,1-4H3,(H,49,55)(H,52,56)(H,53,57)(H,54,58)/t32-,33-,34?,35-,36-,37?,38?,39-,40-/m0/s1. The van der Waals surface area contributed by atoms with E-state index in [4.69, 9.17) is 9.47 Å². The van der Waals surface area contributed by atoms with Crippen LogP contribution in [0.1, 0.15) is 95.2 Å². The summed E-state index contributed by atoms with van der Waals surface area (Å²) >= 11 is 0. The highest BCUT2D eigenvalue weighted by molar-refractivity contribution is 5.84. The zero-order chi connectivity index (χ0) is 42.8. The second-order valence-electron chi connectivity index (χ2n) is 17.9. The van der Waals surface area contributed by atoms with Gasteiger partial charge in [0.2, 0.25) is 23.6 Å². The fourth-order valence-corrected chi connectivity index (χ4v) is 8.93. The van der Waals surface area contributed by atoms with E-state index in [0.29, 0.717) is 58.3 Å². The van der Waals surface area contributed by atoms with Crippen molar-refractivity contribution in [3.05, 3.63) is 59.2 Å². The molecule has 2 saturated heterocycles. The summed E-state index contributed by atoms with van der Waals surface area (Å²) in [5.41, 5.74) is 3.23. The van der Waals surface area contributed by atoms with Crippen molar-refractivity contribution in [1.29, 1.82) is 10.5 Å². The Morgan fingerprint density at radius 1 is 0.767 bits per heavy atom. The predicted molar refractivity (Wildman–Crippen MR) is 226 cm³/mol. The maximum absolute atomic E-state index is 13.6. The lowest BCUT2D eigenvalue weighted by Crippen LogP contribution is -2.51. The number of hydrogen-bond donors (Lipinski definition) is 6. The van der Waals surface area contributed by atoms with Gasteiger partial charge in [0.05, 0.1) is 24.2 Å². The maximum Gasteiger partial charge on any atom is 0.238 e. The molecule has 4 aliphatic rings. The van der Waals surface area contributed by atoms with Gasteiger partial charge in [0.15, 0.2) is 0 Å². The number of rotatable bonds is 19. The predicted octanol–water partition coefficient (Wildman–Crippen LogP) is 3.55. The van der Waals surface area contributed by atoms with Crippen molar-refractivity contribution in [2.75, 3.05) is 26.2 Å². The normalized spacial score (nSPS) is 24.0. The number of nitrogens with zero attached hydrogens (tertiary/aromatic N) is 2. The molecule has 60 heavy (non-hydrogen) atoms. The molecule has 6 N–H and O–H groups in total. The first kappa shape index (κ1) is 44.4. The highest BCUT2D eigenvalue weighted by atomic mass is 16.5. The second-order valence-corrected chi connectivity index (χ2v) is 17.9. The molecular formula is C46H62N8O6. The third-order valence-electron chi connectivity index (χ3n) is 12.1. The van der Waals surface area contributed by atoms with Gasteiger partial charge in [-0.05, 0) is 85.6 Å². The number of carbonyl (C=O) groups is 4. The monoisotopic (exact) mass is 822 g/mol. The maximum atomic E-state index is 13.6. The van der Waals surface area contributed by atoms with Crippen LogP contribution in [-0.2, 0) is 32.0 Å². The quantitative estimate of drug-likeness (QED) is 0.122. The van der Waals surface area contributed by atoms with Crippen molar-refractivity contribution in [2.24, 2.45) is 23.7 Å². The van der Waals surface area contributed by atoms with Gasteiger partial charge in [-0.3, -0.25) is 19.2 Å². The van der Waals surface area contributed by atoms with Crippen molar-refractivity contribution >= 4 is 23.6 Å². The zero-order valence-corrected chi connectivity index (χ0v) is 35.4. The molecule has 2 aromatic carbocycles. The highest BCUT2D eigenvalue weighted by Crippen LogP contribution is 2.36. The summed E-state index contributed by atoms with van der Waals surface area (Å²) in [5.74, 6) is 0.639. The van der Waals surface area contributed by atoms with Gasteiger partial charge in [0.25, 0.3) is 0 Å². The molecule has 4 heterocycles. The molecule has 4 amide bonds. The van der Waals surface area contributed by atoms with Crippen LogP contribution in [0.15, 0.2) is 42.5 Å². The molecular weight excluding hydrogens is 761 g/mol. The lowest BCUT2D eigenvalue weighted by molar-refractivity contribution is -0.128. The largest absolute Gasteiger partial charge is 0.488 e. The van der Waals surface area contributed by atoms with Crippen LogP contribution in [0.5, 0.6) is 11.5 Å². The fourth-order valence-electron chi connectivity index (χ4n) is 8.93. The zero-order valence-electron chi connectivity index (χ0n) is 35.4. The topological polar surface area (TPSA) is 206 Å². The summed E-state index contributed by atoms with van der Waals surface area (Å²) < 4.78 is 12.5. The Bertz CT molecular complexity index is 1900. The minimum absolute atomic E-state index is 0.00778. The molecule has 0 aromatic heterocycles. The first-order valence-corrected chi connectivity index (χ1v) is 21.8. The molecule has 0 spiro atoms. The molecule has 0 bridgehead atoms. The Balaban J connectivity index is 0.998. The Hall–Kier alpha value is -5.18. The molecule has 0 saturated carbocycles. The van der Waals surface area contributed by atoms with E-state index in [9.17, 15) is 29.7 Å². The first-order chi connectivity index (χ1) is 28.9. The van der Waals surface area contributed by atoms with E-state index in [1.807, 2.05) is 38.1 Å². The molecule has 2 aromatic rings. The number of benzene rings is 2. The van der Waals surface area contributed by atoms with E-state index in [1.54, 1.807) is 0 Å². The Labute approximate surface area is 354 Å². The number of nitrogens with one attached hydrogen (secondary N) is 6. The minimum Gasteiger partial charge on any atom is -0.488 e. The molecule has 14 nitrogen and oxygen atoms in total. The fraction of sp³-hybridized carbons (Fsp3) is 0.609. The molecule has 0 aliphatic carbocycles. The lowest BCUT2D eigenvalue weighted by atomic mass is 9.82. The summed E-state index contributed by atoms with van der Waals surface area (Å²) in [6.45, 7) is 10.2. The molecule has 2 fully saturated rings. The van der Waals surface area contributed by atoms with Gasteiger partial charge in [-0.2, -0.15) is 10.5 Å². The number of amides is 4. The first-order valence-electron chi connectivity index (χ1n) is 21.8. The van der Waals surface area contributed by atoms with Crippen LogP contribution in [0.2, 0.25) is 0 Å². The van der Waals surface area contributed by atoms with Crippen molar-refractivity contribution in [3.8, 4) is 23.6 Å². The second kappa shape index (κ2) is 20.9. The number of hydrogen-bond acceptors (Lipinski definition) is 10. The Morgan fingerprint density at radius 2 is 1.33 bits per heavy atom. The van der Waals surface area contributed by atoms with Crippen LogP contribution in [0, 0.1) is 46.3 Å². The van der Waals surface area contributed by atoms with Crippen LogP contribution in [-0.4, -0.2) is 86.2 Å². The number of fused-ring (bicyclic) bond motifs is 2. The number of ether oxygens (including phenoxy) is 2. The number of para-hydroxylation sites is 1. The minimum atomic E-state index is -0.835. The Morgan fingerprint density at radius 3 is 1.92 bits per heavy atom. The van der Waals surface area contributed by atoms with E-state index >= 15 is 0 Å². The van der Waals surface area contributed by atoms with E-state index in [-0.39, 0.29) is 72.3 Å².